The van der Waals surface area contributed by atoms with E-state index in [9.17, 15) is 9.18 Å². The van der Waals surface area contributed by atoms with Gasteiger partial charge < -0.3 is 5.11 Å². The lowest BCUT2D eigenvalue weighted by Crippen LogP contribution is -2.03. The molecule has 1 rings (SSSR count). The van der Waals surface area contributed by atoms with Crippen molar-refractivity contribution in [2.45, 2.75) is 26.0 Å². The van der Waals surface area contributed by atoms with Crippen molar-refractivity contribution in [3.63, 3.8) is 0 Å². The van der Waals surface area contributed by atoms with Crippen LogP contribution in [0.1, 0.15) is 36.2 Å². The van der Waals surface area contributed by atoms with E-state index in [1.54, 1.807) is 11.8 Å². The van der Waals surface area contributed by atoms with Crippen molar-refractivity contribution in [3.05, 3.63) is 35.1 Å². The number of thioether (sulfide) groups is 1. The molecule has 4 heteroatoms. The quantitative estimate of drug-likeness (QED) is 0.841. The fourth-order valence-electron chi connectivity index (χ4n) is 1.38. The summed E-state index contributed by atoms with van der Waals surface area (Å²) in [6.07, 6.45) is 1.10. The minimum Gasteiger partial charge on any atom is -0.478 e. The van der Waals surface area contributed by atoms with E-state index in [1.807, 2.05) is 0 Å². The summed E-state index contributed by atoms with van der Waals surface area (Å²) in [5.74, 6) is 0.732. The molecule has 0 radical (unpaired) electrons. The second-order valence-electron chi connectivity index (χ2n) is 4.14. The zero-order valence-corrected chi connectivity index (χ0v) is 10.9. The van der Waals surface area contributed by atoms with Crippen molar-refractivity contribution in [1.82, 2.24) is 0 Å². The van der Waals surface area contributed by atoms with E-state index >= 15 is 0 Å². The SMILES string of the molecule is CCC(C)CSCc1cc(F)ccc1C(=O)O. The predicted molar refractivity (Wildman–Crippen MR) is 69.0 cm³/mol. The third-order valence-corrected chi connectivity index (χ3v) is 3.97. The van der Waals surface area contributed by atoms with Gasteiger partial charge in [-0.1, -0.05) is 20.3 Å². The van der Waals surface area contributed by atoms with Crippen LogP contribution in [-0.2, 0) is 5.75 Å². The van der Waals surface area contributed by atoms with Crippen LogP contribution in [0, 0.1) is 11.7 Å². The molecule has 1 aromatic carbocycles. The van der Waals surface area contributed by atoms with Gasteiger partial charge in [-0.15, -0.1) is 0 Å². The molecule has 1 N–H and O–H groups in total. The summed E-state index contributed by atoms with van der Waals surface area (Å²) in [7, 11) is 0. The van der Waals surface area contributed by atoms with Crippen molar-refractivity contribution in [1.29, 1.82) is 0 Å². The molecule has 0 aliphatic rings. The number of hydrogen-bond acceptors (Lipinski definition) is 2. The summed E-state index contributed by atoms with van der Waals surface area (Å²) < 4.78 is 13.1. The van der Waals surface area contributed by atoms with E-state index in [1.165, 1.54) is 18.2 Å². The number of carboxylic acid groups (broad SMARTS) is 1. The maximum absolute atomic E-state index is 13.1. The Kier molecular flexibility index (Phi) is 5.48. The molecule has 1 atom stereocenters. The van der Waals surface area contributed by atoms with Gasteiger partial charge in [0.05, 0.1) is 5.56 Å². The fraction of sp³-hybridized carbons (Fsp3) is 0.462. The van der Waals surface area contributed by atoms with Crippen LogP contribution in [0.15, 0.2) is 18.2 Å². The van der Waals surface area contributed by atoms with Gasteiger partial charge >= 0.3 is 5.97 Å². The Hall–Kier alpha value is -1.03. The van der Waals surface area contributed by atoms with Crippen molar-refractivity contribution in [2.75, 3.05) is 5.75 Å². The second-order valence-corrected chi connectivity index (χ2v) is 5.17. The molecule has 0 aliphatic heterocycles. The lowest BCUT2D eigenvalue weighted by Gasteiger charge is -2.09. The minimum absolute atomic E-state index is 0.197. The summed E-state index contributed by atoms with van der Waals surface area (Å²) in [5, 5.41) is 8.98. The van der Waals surface area contributed by atoms with E-state index in [-0.39, 0.29) is 11.4 Å². The summed E-state index contributed by atoms with van der Waals surface area (Å²) in [6.45, 7) is 4.27. The molecule has 0 fully saturated rings. The van der Waals surface area contributed by atoms with E-state index in [0.29, 0.717) is 17.2 Å². The van der Waals surface area contributed by atoms with Gasteiger partial charge in [-0.25, -0.2) is 9.18 Å². The molecular formula is C13H17FO2S. The fourth-order valence-corrected chi connectivity index (χ4v) is 2.59. The summed E-state index contributed by atoms with van der Waals surface area (Å²) in [5.41, 5.74) is 0.758. The first-order valence-corrected chi connectivity index (χ1v) is 6.79. The van der Waals surface area contributed by atoms with Crippen LogP contribution in [0.5, 0.6) is 0 Å². The normalized spacial score (nSPS) is 12.4. The topological polar surface area (TPSA) is 37.3 Å². The monoisotopic (exact) mass is 256 g/mol. The molecule has 0 bridgehead atoms. The Bertz CT molecular complexity index is 393. The van der Waals surface area contributed by atoms with Crippen LogP contribution in [0.2, 0.25) is 0 Å². The van der Waals surface area contributed by atoms with E-state index in [2.05, 4.69) is 13.8 Å². The van der Waals surface area contributed by atoms with Gasteiger partial charge in [0, 0.05) is 5.75 Å². The molecule has 0 amide bonds. The zero-order chi connectivity index (χ0) is 12.8. The van der Waals surface area contributed by atoms with Crippen LogP contribution in [0.25, 0.3) is 0 Å². The van der Waals surface area contributed by atoms with E-state index < -0.39 is 5.97 Å². The highest BCUT2D eigenvalue weighted by Crippen LogP contribution is 2.21. The average molecular weight is 256 g/mol. The van der Waals surface area contributed by atoms with Crippen LogP contribution in [-0.4, -0.2) is 16.8 Å². The third kappa shape index (κ3) is 4.38. The number of carbonyl (C=O) groups is 1. The number of hydrogen-bond donors (Lipinski definition) is 1. The number of carboxylic acids is 1. The first kappa shape index (κ1) is 14.0. The molecule has 0 heterocycles. The predicted octanol–water partition coefficient (Wildman–Crippen LogP) is 3.80. The van der Waals surface area contributed by atoms with E-state index in [0.717, 1.165) is 12.2 Å². The Morgan fingerprint density at radius 3 is 2.82 bits per heavy atom. The number of aromatic carboxylic acids is 1. The first-order valence-electron chi connectivity index (χ1n) is 5.64. The number of benzene rings is 1. The zero-order valence-electron chi connectivity index (χ0n) is 10.1. The summed E-state index contributed by atoms with van der Waals surface area (Å²) in [4.78, 5) is 11.0. The minimum atomic E-state index is -0.996. The number of halogens is 1. The van der Waals surface area contributed by atoms with Crippen LogP contribution >= 0.6 is 11.8 Å². The lowest BCUT2D eigenvalue weighted by atomic mass is 10.1. The summed E-state index contributed by atoms with van der Waals surface area (Å²) >= 11 is 1.65. The van der Waals surface area contributed by atoms with Gasteiger partial charge in [0.15, 0.2) is 0 Å². The third-order valence-electron chi connectivity index (χ3n) is 2.65. The molecule has 1 unspecified atom stereocenters. The van der Waals surface area contributed by atoms with Gasteiger partial charge in [-0.3, -0.25) is 0 Å². The van der Waals surface area contributed by atoms with Gasteiger partial charge in [0.25, 0.3) is 0 Å². The number of rotatable bonds is 6. The van der Waals surface area contributed by atoms with Gasteiger partial charge in [-0.2, -0.15) is 11.8 Å². The molecule has 1 aromatic rings. The smallest absolute Gasteiger partial charge is 0.335 e. The largest absolute Gasteiger partial charge is 0.478 e. The van der Waals surface area contributed by atoms with Crippen molar-refractivity contribution in [3.8, 4) is 0 Å². The molecule has 0 saturated carbocycles. The van der Waals surface area contributed by atoms with Gasteiger partial charge in [0.1, 0.15) is 5.82 Å². The molecule has 0 aromatic heterocycles. The van der Waals surface area contributed by atoms with Gasteiger partial charge in [0.2, 0.25) is 0 Å². The Morgan fingerprint density at radius 2 is 2.24 bits per heavy atom. The Labute approximate surface area is 105 Å². The highest BCUT2D eigenvalue weighted by molar-refractivity contribution is 7.98. The maximum Gasteiger partial charge on any atom is 0.335 e. The second kappa shape index (κ2) is 6.64. The summed E-state index contributed by atoms with van der Waals surface area (Å²) in [6, 6.07) is 3.83. The first-order chi connectivity index (χ1) is 8.04. The highest BCUT2D eigenvalue weighted by atomic mass is 32.2. The van der Waals surface area contributed by atoms with Gasteiger partial charge in [-0.05, 0) is 35.4 Å². The molecule has 0 spiro atoms. The van der Waals surface area contributed by atoms with Crippen LogP contribution < -0.4 is 0 Å². The maximum atomic E-state index is 13.1. The standard InChI is InChI=1S/C13H17FO2S/c1-3-9(2)7-17-8-10-6-11(14)4-5-12(10)13(15)16/h4-6,9H,3,7-8H2,1-2H3,(H,15,16). The van der Waals surface area contributed by atoms with Crippen molar-refractivity contribution >= 4 is 17.7 Å². The van der Waals surface area contributed by atoms with Crippen LogP contribution in [0.4, 0.5) is 4.39 Å². The van der Waals surface area contributed by atoms with Crippen molar-refractivity contribution < 1.29 is 14.3 Å². The Balaban J connectivity index is 2.68. The van der Waals surface area contributed by atoms with Crippen LogP contribution in [0.3, 0.4) is 0 Å². The highest BCUT2D eigenvalue weighted by Gasteiger charge is 2.11. The molecular weight excluding hydrogens is 239 g/mol. The molecule has 2 nitrogen and oxygen atoms in total. The molecule has 94 valence electrons. The molecule has 0 aliphatic carbocycles. The Morgan fingerprint density at radius 1 is 1.53 bits per heavy atom. The molecule has 17 heavy (non-hydrogen) atoms. The van der Waals surface area contributed by atoms with E-state index in [4.69, 9.17) is 5.11 Å². The average Bonchev–Trinajstić information content (AvgIpc) is 2.28. The lowest BCUT2D eigenvalue weighted by molar-refractivity contribution is 0.0696. The molecule has 0 saturated heterocycles. The van der Waals surface area contributed by atoms with Crippen molar-refractivity contribution in [2.24, 2.45) is 5.92 Å².